The first kappa shape index (κ1) is 22.9. The summed E-state index contributed by atoms with van der Waals surface area (Å²) in [6.07, 6.45) is 3.29. The van der Waals surface area contributed by atoms with Gasteiger partial charge in [0, 0.05) is 6.04 Å². The maximum absolute atomic E-state index is 12.2. The highest BCUT2D eigenvalue weighted by molar-refractivity contribution is 6.00. The van der Waals surface area contributed by atoms with E-state index in [0.29, 0.717) is 6.42 Å². The van der Waals surface area contributed by atoms with Crippen molar-refractivity contribution < 1.29 is 24.2 Å². The lowest BCUT2D eigenvalue weighted by atomic mass is 10.0. The van der Waals surface area contributed by atoms with Crippen molar-refractivity contribution >= 4 is 17.8 Å². The van der Waals surface area contributed by atoms with E-state index in [-0.39, 0.29) is 31.5 Å². The Bertz CT molecular complexity index is 478. The fraction of sp³-hybridized carbons (Fsp3) is 0.611. The van der Waals surface area contributed by atoms with Crippen LogP contribution in [0.1, 0.15) is 33.6 Å². The average molecular weight is 354 g/mol. The minimum atomic E-state index is -0.950. The van der Waals surface area contributed by atoms with E-state index < -0.39 is 29.9 Å². The molecule has 4 atom stereocenters. The Hall–Kier alpha value is -2.15. The molecule has 1 unspecified atom stereocenters. The first-order chi connectivity index (χ1) is 11.8. The normalized spacial score (nSPS) is 15.2. The van der Waals surface area contributed by atoms with Crippen LogP contribution in [-0.4, -0.2) is 48.2 Å². The van der Waals surface area contributed by atoms with Gasteiger partial charge in [-0.15, -0.1) is 13.2 Å². The van der Waals surface area contributed by atoms with E-state index in [1.54, 1.807) is 26.8 Å². The summed E-state index contributed by atoms with van der Waals surface area (Å²) in [6.45, 7) is 12.0. The van der Waals surface area contributed by atoms with Gasteiger partial charge in [0.05, 0.1) is 19.1 Å². The second-order valence-electron chi connectivity index (χ2n) is 6.09. The molecule has 7 heteroatoms. The van der Waals surface area contributed by atoms with Crippen molar-refractivity contribution in [1.29, 1.82) is 0 Å². The Morgan fingerprint density at radius 2 is 1.68 bits per heavy atom. The summed E-state index contributed by atoms with van der Waals surface area (Å²) in [6, 6.07) is -0.446. The third-order valence-electron chi connectivity index (χ3n) is 3.50. The van der Waals surface area contributed by atoms with Crippen molar-refractivity contribution in [3.8, 4) is 0 Å². The quantitative estimate of drug-likeness (QED) is 0.275. The molecule has 0 aromatic carbocycles. The van der Waals surface area contributed by atoms with Crippen molar-refractivity contribution in [2.75, 3.05) is 13.2 Å². The van der Waals surface area contributed by atoms with Crippen LogP contribution in [0, 0.1) is 11.8 Å². The van der Waals surface area contributed by atoms with E-state index in [0.717, 1.165) is 0 Å². The van der Waals surface area contributed by atoms with Gasteiger partial charge in [-0.3, -0.25) is 14.4 Å². The van der Waals surface area contributed by atoms with Gasteiger partial charge in [0.15, 0.2) is 0 Å². The molecule has 0 bridgehead atoms. The predicted octanol–water partition coefficient (Wildman–Crippen LogP) is 0.936. The highest BCUT2D eigenvalue weighted by atomic mass is 16.5. The van der Waals surface area contributed by atoms with Gasteiger partial charge in [0.25, 0.3) is 0 Å². The average Bonchev–Trinajstić information content (AvgIpc) is 2.57. The zero-order valence-corrected chi connectivity index (χ0v) is 15.3. The van der Waals surface area contributed by atoms with Crippen LogP contribution >= 0.6 is 0 Å². The number of rotatable bonds is 12. The van der Waals surface area contributed by atoms with Gasteiger partial charge < -0.3 is 20.5 Å². The summed E-state index contributed by atoms with van der Waals surface area (Å²) >= 11 is 0. The topological polar surface area (TPSA) is 105 Å². The Kier molecular flexibility index (Phi) is 11.2. The predicted molar refractivity (Wildman–Crippen MR) is 95.5 cm³/mol. The molecule has 25 heavy (non-hydrogen) atoms. The molecular weight excluding hydrogens is 324 g/mol. The molecule has 0 aromatic heterocycles. The number of amides is 2. The molecule has 7 nitrogen and oxygen atoms in total. The fourth-order valence-electron chi connectivity index (χ4n) is 1.96. The monoisotopic (exact) mass is 354 g/mol. The first-order valence-electron chi connectivity index (χ1n) is 8.37. The lowest BCUT2D eigenvalue weighted by molar-refractivity contribution is -0.153. The fourth-order valence-corrected chi connectivity index (χ4v) is 1.96. The maximum atomic E-state index is 12.2. The van der Waals surface area contributed by atoms with Crippen LogP contribution in [0.15, 0.2) is 25.3 Å². The van der Waals surface area contributed by atoms with Crippen LogP contribution < -0.4 is 10.6 Å². The second-order valence-corrected chi connectivity index (χ2v) is 6.09. The number of nitrogens with one attached hydrogen (secondary N) is 2. The van der Waals surface area contributed by atoms with Gasteiger partial charge in [-0.1, -0.05) is 19.1 Å². The summed E-state index contributed by atoms with van der Waals surface area (Å²) in [5, 5.41) is 14.1. The lowest BCUT2D eigenvalue weighted by Gasteiger charge is -2.20. The standard InChI is InChI=1S/C18H30N2O5/c1-6-8-12(3)18(24)25-14(5)10-19-16(22)15(9-7-2)17(23)20-13(4)11-21/h6-7,12-15,21H,1-2,8-11H2,3-5H3,(H,19,22)(H,20,23)/t12-,13-,14-,15?/m0/s1. The van der Waals surface area contributed by atoms with E-state index in [1.807, 2.05) is 0 Å². The molecule has 0 aliphatic rings. The SMILES string of the molecule is C=CCC(C(=O)NC[C@H](C)OC(=O)[C@@H](C)CC=C)C(=O)N[C@@H](C)CO. The molecule has 0 spiro atoms. The molecule has 0 aliphatic heterocycles. The minimum absolute atomic E-state index is 0.0991. The summed E-state index contributed by atoms with van der Waals surface area (Å²) in [4.78, 5) is 36.1. The van der Waals surface area contributed by atoms with Gasteiger partial charge in [-0.25, -0.2) is 0 Å². The molecule has 0 heterocycles. The van der Waals surface area contributed by atoms with Crippen LogP contribution in [0.25, 0.3) is 0 Å². The zero-order chi connectivity index (χ0) is 19.4. The molecule has 0 rings (SSSR count). The number of carbonyl (C=O) groups excluding carboxylic acids is 3. The molecule has 0 saturated heterocycles. The molecule has 2 amide bonds. The molecular formula is C18H30N2O5. The zero-order valence-electron chi connectivity index (χ0n) is 15.3. The largest absolute Gasteiger partial charge is 0.461 e. The van der Waals surface area contributed by atoms with Crippen molar-refractivity contribution in [3.63, 3.8) is 0 Å². The number of esters is 1. The Balaban J connectivity index is 4.55. The molecule has 0 saturated carbocycles. The van der Waals surface area contributed by atoms with Crippen molar-refractivity contribution in [2.24, 2.45) is 11.8 Å². The van der Waals surface area contributed by atoms with Crippen molar-refractivity contribution in [2.45, 2.75) is 45.8 Å². The van der Waals surface area contributed by atoms with E-state index in [2.05, 4.69) is 23.8 Å². The maximum Gasteiger partial charge on any atom is 0.309 e. The summed E-state index contributed by atoms with van der Waals surface area (Å²) in [5.41, 5.74) is 0. The number of aliphatic hydroxyl groups excluding tert-OH is 1. The second kappa shape index (κ2) is 12.2. The van der Waals surface area contributed by atoms with E-state index in [1.165, 1.54) is 6.08 Å². The highest BCUT2D eigenvalue weighted by Crippen LogP contribution is 2.08. The van der Waals surface area contributed by atoms with Gasteiger partial charge in [0.2, 0.25) is 11.8 Å². The van der Waals surface area contributed by atoms with Gasteiger partial charge >= 0.3 is 5.97 Å². The lowest BCUT2D eigenvalue weighted by Crippen LogP contribution is -2.46. The van der Waals surface area contributed by atoms with Crippen LogP contribution in [0.5, 0.6) is 0 Å². The molecule has 0 aliphatic carbocycles. The Morgan fingerprint density at radius 3 is 2.20 bits per heavy atom. The van der Waals surface area contributed by atoms with E-state index in [9.17, 15) is 14.4 Å². The number of allylic oxidation sites excluding steroid dienone is 2. The van der Waals surface area contributed by atoms with Crippen molar-refractivity contribution in [3.05, 3.63) is 25.3 Å². The third-order valence-corrected chi connectivity index (χ3v) is 3.50. The number of carbonyl (C=O) groups is 3. The van der Waals surface area contributed by atoms with Gasteiger partial charge in [0.1, 0.15) is 12.0 Å². The van der Waals surface area contributed by atoms with Crippen LogP contribution in [0.4, 0.5) is 0 Å². The summed E-state index contributed by atoms with van der Waals surface area (Å²) in [7, 11) is 0. The molecule has 3 N–H and O–H groups in total. The molecule has 142 valence electrons. The molecule has 0 radical (unpaired) electrons. The number of aliphatic hydroxyl groups is 1. The Morgan fingerprint density at radius 1 is 1.08 bits per heavy atom. The molecule has 0 aromatic rings. The van der Waals surface area contributed by atoms with Gasteiger partial charge in [-0.2, -0.15) is 0 Å². The highest BCUT2D eigenvalue weighted by Gasteiger charge is 2.26. The number of ether oxygens (including phenoxy) is 1. The minimum Gasteiger partial charge on any atom is -0.461 e. The summed E-state index contributed by atoms with van der Waals surface area (Å²) < 4.78 is 5.24. The number of hydrogen-bond donors (Lipinski definition) is 3. The van der Waals surface area contributed by atoms with E-state index in [4.69, 9.17) is 9.84 Å². The van der Waals surface area contributed by atoms with Crippen LogP contribution in [-0.2, 0) is 19.1 Å². The summed E-state index contributed by atoms with van der Waals surface area (Å²) in [5.74, 6) is -2.57. The van der Waals surface area contributed by atoms with Crippen molar-refractivity contribution in [1.82, 2.24) is 10.6 Å². The van der Waals surface area contributed by atoms with E-state index >= 15 is 0 Å². The third kappa shape index (κ3) is 9.05. The van der Waals surface area contributed by atoms with Crippen LogP contribution in [0.2, 0.25) is 0 Å². The number of hydrogen-bond acceptors (Lipinski definition) is 5. The van der Waals surface area contributed by atoms with Crippen LogP contribution in [0.3, 0.4) is 0 Å². The smallest absolute Gasteiger partial charge is 0.309 e. The molecule has 0 fully saturated rings. The Labute approximate surface area is 149 Å². The van der Waals surface area contributed by atoms with Gasteiger partial charge in [-0.05, 0) is 26.7 Å². The first-order valence-corrected chi connectivity index (χ1v) is 8.37.